The van der Waals surface area contributed by atoms with Crippen LogP contribution in [-0.4, -0.2) is 39.3 Å². The molecule has 3 N–H and O–H groups in total. The molecule has 2 heterocycles. The number of anilines is 1. The lowest BCUT2D eigenvalue weighted by Gasteiger charge is -2.34. The maximum Gasteiger partial charge on any atom is 0.323 e. The number of fused-ring (bicyclic) bond motifs is 1. The lowest BCUT2D eigenvalue weighted by Crippen LogP contribution is -2.49. The topological polar surface area (TPSA) is 98.1 Å². The fourth-order valence-electron chi connectivity index (χ4n) is 3.04. The molecule has 0 radical (unpaired) electrons. The largest absolute Gasteiger partial charge is 0.331 e. The summed E-state index contributed by atoms with van der Waals surface area (Å²) >= 11 is 0. The van der Waals surface area contributed by atoms with E-state index in [-0.39, 0.29) is 17.5 Å². The number of carbonyl (C=O) groups is 2. The molecule has 2 amide bonds. The summed E-state index contributed by atoms with van der Waals surface area (Å²) in [6, 6.07) is 4.76. The summed E-state index contributed by atoms with van der Waals surface area (Å²) in [5.74, 6) is -0.168. The van der Waals surface area contributed by atoms with Gasteiger partial charge < -0.3 is 20.2 Å². The third kappa shape index (κ3) is 3.13. The van der Waals surface area contributed by atoms with Crippen molar-refractivity contribution in [1.82, 2.24) is 14.9 Å². The van der Waals surface area contributed by atoms with E-state index in [4.69, 9.17) is 0 Å². The minimum atomic E-state index is -0.419. The van der Waals surface area contributed by atoms with Crippen molar-refractivity contribution in [3.8, 4) is 0 Å². The predicted molar refractivity (Wildman–Crippen MR) is 87.2 cm³/mol. The summed E-state index contributed by atoms with van der Waals surface area (Å²) in [7, 11) is 0. The Morgan fingerprint density at radius 2 is 2.04 bits per heavy atom. The monoisotopic (exact) mass is 316 g/mol. The third-order valence-electron chi connectivity index (χ3n) is 4.21. The van der Waals surface area contributed by atoms with E-state index in [9.17, 15) is 14.4 Å². The van der Waals surface area contributed by atoms with E-state index >= 15 is 0 Å². The highest BCUT2D eigenvalue weighted by atomic mass is 16.2. The second-order valence-electron chi connectivity index (χ2n) is 5.78. The molecule has 1 unspecified atom stereocenters. The van der Waals surface area contributed by atoms with Gasteiger partial charge in [-0.05, 0) is 37.5 Å². The van der Waals surface area contributed by atoms with Crippen LogP contribution in [0.5, 0.6) is 0 Å². The molecule has 2 aromatic rings. The molecule has 1 aromatic heterocycles. The van der Waals surface area contributed by atoms with Gasteiger partial charge in [0.25, 0.3) is 0 Å². The fourth-order valence-corrected chi connectivity index (χ4v) is 3.04. The first-order valence-corrected chi connectivity index (χ1v) is 7.91. The molecule has 0 bridgehead atoms. The van der Waals surface area contributed by atoms with E-state index in [1.807, 2.05) is 6.92 Å². The highest BCUT2D eigenvalue weighted by Gasteiger charge is 2.31. The minimum Gasteiger partial charge on any atom is -0.331 e. The molecule has 1 aliphatic heterocycles. The summed E-state index contributed by atoms with van der Waals surface area (Å²) in [5, 5.41) is 2.85. The van der Waals surface area contributed by atoms with Crippen LogP contribution in [0.2, 0.25) is 0 Å². The second kappa shape index (κ2) is 6.28. The van der Waals surface area contributed by atoms with Gasteiger partial charge in [0.2, 0.25) is 11.8 Å². The van der Waals surface area contributed by atoms with Gasteiger partial charge in [0.15, 0.2) is 0 Å². The first kappa shape index (κ1) is 15.3. The van der Waals surface area contributed by atoms with Crippen molar-refractivity contribution < 1.29 is 9.59 Å². The number of aromatic amines is 2. The maximum atomic E-state index is 12.6. The Kier molecular flexibility index (Phi) is 4.18. The number of nitrogens with one attached hydrogen (secondary N) is 3. The Morgan fingerprint density at radius 3 is 2.83 bits per heavy atom. The maximum absolute atomic E-state index is 12.6. The normalized spacial score (nSPS) is 18.1. The Morgan fingerprint density at radius 1 is 1.26 bits per heavy atom. The molecular weight excluding hydrogens is 296 g/mol. The fraction of sp³-hybridized carbons (Fsp3) is 0.438. The molecular formula is C16H20N4O3. The molecule has 0 aliphatic carbocycles. The molecule has 1 saturated heterocycles. The molecule has 0 spiro atoms. The zero-order chi connectivity index (χ0) is 16.4. The van der Waals surface area contributed by atoms with Crippen LogP contribution in [0.1, 0.15) is 32.6 Å². The zero-order valence-corrected chi connectivity index (χ0v) is 13.0. The van der Waals surface area contributed by atoms with Gasteiger partial charge >= 0.3 is 5.69 Å². The number of amides is 2. The Hall–Kier alpha value is -2.57. The van der Waals surface area contributed by atoms with Gasteiger partial charge in [0.1, 0.15) is 6.04 Å². The van der Waals surface area contributed by atoms with Gasteiger partial charge in [-0.3, -0.25) is 9.59 Å². The molecule has 7 heteroatoms. The third-order valence-corrected chi connectivity index (χ3v) is 4.21. The summed E-state index contributed by atoms with van der Waals surface area (Å²) in [6.07, 6.45) is 2.96. The van der Waals surface area contributed by atoms with Crippen LogP contribution in [0.25, 0.3) is 11.0 Å². The molecule has 1 fully saturated rings. The van der Waals surface area contributed by atoms with Gasteiger partial charge in [-0.2, -0.15) is 0 Å². The lowest BCUT2D eigenvalue weighted by atomic mass is 10.0. The quantitative estimate of drug-likeness (QED) is 0.802. The van der Waals surface area contributed by atoms with Crippen LogP contribution >= 0.6 is 0 Å². The number of piperidine rings is 1. The first-order chi connectivity index (χ1) is 11.1. The van der Waals surface area contributed by atoms with Crippen molar-refractivity contribution in [2.45, 2.75) is 38.6 Å². The van der Waals surface area contributed by atoms with E-state index in [0.717, 1.165) is 12.8 Å². The average molecular weight is 316 g/mol. The smallest absolute Gasteiger partial charge is 0.323 e. The number of likely N-dealkylation sites (tertiary alicyclic amines) is 1. The van der Waals surface area contributed by atoms with Crippen LogP contribution in [-0.2, 0) is 9.59 Å². The molecule has 3 rings (SSSR count). The summed E-state index contributed by atoms with van der Waals surface area (Å²) < 4.78 is 0. The van der Waals surface area contributed by atoms with E-state index < -0.39 is 6.04 Å². The molecule has 7 nitrogen and oxygen atoms in total. The second-order valence-corrected chi connectivity index (χ2v) is 5.78. The van der Waals surface area contributed by atoms with Gasteiger partial charge in [-0.25, -0.2) is 4.79 Å². The van der Waals surface area contributed by atoms with Gasteiger partial charge in [0, 0.05) is 18.7 Å². The number of benzene rings is 1. The van der Waals surface area contributed by atoms with E-state index in [1.165, 1.54) is 0 Å². The van der Waals surface area contributed by atoms with Gasteiger partial charge in [-0.1, -0.05) is 6.92 Å². The molecule has 0 saturated carbocycles. The SMILES string of the molecule is CCC(=O)N1CCCCC1C(=O)Nc1ccc2[nH]c(=O)[nH]c2c1. The summed E-state index contributed by atoms with van der Waals surface area (Å²) in [6.45, 7) is 2.44. The Balaban J connectivity index is 1.78. The minimum absolute atomic E-state index is 0.00951. The number of H-pyrrole nitrogens is 2. The lowest BCUT2D eigenvalue weighted by molar-refractivity contribution is -0.140. The van der Waals surface area contributed by atoms with Gasteiger partial charge in [0.05, 0.1) is 11.0 Å². The van der Waals surface area contributed by atoms with Crippen LogP contribution in [0.15, 0.2) is 23.0 Å². The first-order valence-electron chi connectivity index (χ1n) is 7.91. The standard InChI is InChI=1S/C16H20N4O3/c1-2-14(21)20-8-4-3-5-13(20)15(22)17-10-6-7-11-12(9-10)19-16(23)18-11/h6-7,9,13H,2-5,8H2,1H3,(H,17,22)(H2,18,19,23). The van der Waals surface area contributed by atoms with Crippen LogP contribution in [0, 0.1) is 0 Å². The number of imidazole rings is 1. The number of rotatable bonds is 3. The number of aromatic nitrogens is 2. The number of nitrogens with zero attached hydrogens (tertiary/aromatic N) is 1. The van der Waals surface area contributed by atoms with E-state index in [2.05, 4.69) is 15.3 Å². The molecule has 1 aliphatic rings. The van der Waals surface area contributed by atoms with Crippen molar-refractivity contribution >= 4 is 28.5 Å². The molecule has 23 heavy (non-hydrogen) atoms. The van der Waals surface area contributed by atoms with Crippen molar-refractivity contribution in [2.75, 3.05) is 11.9 Å². The summed E-state index contributed by atoms with van der Waals surface area (Å²) in [4.78, 5) is 42.8. The van der Waals surface area contributed by atoms with Crippen LogP contribution < -0.4 is 11.0 Å². The number of carbonyl (C=O) groups excluding carboxylic acids is 2. The predicted octanol–water partition coefficient (Wildman–Crippen LogP) is 1.59. The van der Waals surface area contributed by atoms with Gasteiger partial charge in [-0.15, -0.1) is 0 Å². The zero-order valence-electron chi connectivity index (χ0n) is 13.0. The average Bonchev–Trinajstić information content (AvgIpc) is 2.93. The highest BCUT2D eigenvalue weighted by Crippen LogP contribution is 2.21. The van der Waals surface area contributed by atoms with E-state index in [0.29, 0.717) is 36.1 Å². The van der Waals surface area contributed by atoms with Crippen molar-refractivity contribution in [2.24, 2.45) is 0 Å². The van der Waals surface area contributed by atoms with Crippen molar-refractivity contribution in [1.29, 1.82) is 0 Å². The number of hydrogen-bond acceptors (Lipinski definition) is 3. The highest BCUT2D eigenvalue weighted by molar-refractivity contribution is 5.98. The molecule has 1 atom stereocenters. The molecule has 122 valence electrons. The summed E-state index contributed by atoms with van der Waals surface area (Å²) in [5.41, 5.74) is 1.65. The number of hydrogen-bond donors (Lipinski definition) is 3. The Labute approximate surface area is 133 Å². The molecule has 1 aromatic carbocycles. The van der Waals surface area contributed by atoms with Crippen molar-refractivity contribution in [3.63, 3.8) is 0 Å². The van der Waals surface area contributed by atoms with Crippen LogP contribution in [0.3, 0.4) is 0 Å². The van der Waals surface area contributed by atoms with Crippen molar-refractivity contribution in [3.05, 3.63) is 28.7 Å². The Bertz CT molecular complexity index is 792. The van der Waals surface area contributed by atoms with E-state index in [1.54, 1.807) is 23.1 Å². The van der Waals surface area contributed by atoms with Crippen LogP contribution in [0.4, 0.5) is 5.69 Å².